The molecule has 1 aliphatic heterocycles. The van der Waals surface area contributed by atoms with E-state index in [1.165, 1.54) is 12.0 Å². The first-order chi connectivity index (χ1) is 7.90. The van der Waals surface area contributed by atoms with E-state index in [-0.39, 0.29) is 0 Å². The van der Waals surface area contributed by atoms with Gasteiger partial charge in [-0.15, -0.1) is 6.58 Å². The Morgan fingerprint density at radius 2 is 2.12 bits per heavy atom. The minimum absolute atomic E-state index is 0.443. The van der Waals surface area contributed by atoms with Crippen LogP contribution in [0.3, 0.4) is 0 Å². The zero-order valence-electron chi connectivity index (χ0n) is 9.77. The second-order valence-corrected chi connectivity index (χ2v) is 4.51. The van der Waals surface area contributed by atoms with Crippen LogP contribution < -0.4 is 0 Å². The molecule has 1 aliphatic rings. The van der Waals surface area contributed by atoms with Crippen molar-refractivity contribution in [1.82, 2.24) is 0 Å². The van der Waals surface area contributed by atoms with E-state index in [2.05, 4.69) is 36.9 Å². The van der Waals surface area contributed by atoms with Crippen LogP contribution in [0.2, 0.25) is 0 Å². The third-order valence-electron chi connectivity index (χ3n) is 3.34. The predicted octanol–water partition coefficient (Wildman–Crippen LogP) is 3.60. The SMILES string of the molecule is C=CCCC1OCCC1Cc1ccccc1. The maximum atomic E-state index is 5.79. The van der Waals surface area contributed by atoms with Crippen molar-refractivity contribution in [2.45, 2.75) is 31.8 Å². The molecule has 0 spiro atoms. The van der Waals surface area contributed by atoms with Gasteiger partial charge in [0.1, 0.15) is 0 Å². The molecule has 0 N–H and O–H groups in total. The maximum Gasteiger partial charge on any atom is 0.0610 e. The fourth-order valence-electron chi connectivity index (χ4n) is 2.44. The number of hydrogen-bond acceptors (Lipinski definition) is 1. The summed E-state index contributed by atoms with van der Waals surface area (Å²) in [6, 6.07) is 10.7. The smallest absolute Gasteiger partial charge is 0.0610 e. The predicted molar refractivity (Wildman–Crippen MR) is 67.4 cm³/mol. The van der Waals surface area contributed by atoms with Crippen LogP contribution in [0.5, 0.6) is 0 Å². The molecule has 1 aromatic carbocycles. The monoisotopic (exact) mass is 216 g/mol. The quantitative estimate of drug-likeness (QED) is 0.683. The molecule has 0 amide bonds. The summed E-state index contributed by atoms with van der Waals surface area (Å²) in [7, 11) is 0. The first kappa shape index (κ1) is 11.4. The lowest BCUT2D eigenvalue weighted by atomic mass is 9.91. The molecule has 2 unspecified atom stereocenters. The van der Waals surface area contributed by atoms with Crippen LogP contribution in [0.15, 0.2) is 43.0 Å². The van der Waals surface area contributed by atoms with Gasteiger partial charge in [0.2, 0.25) is 0 Å². The summed E-state index contributed by atoms with van der Waals surface area (Å²) in [5, 5.41) is 0. The minimum Gasteiger partial charge on any atom is -0.378 e. The van der Waals surface area contributed by atoms with Crippen molar-refractivity contribution in [2.75, 3.05) is 6.61 Å². The minimum atomic E-state index is 0.443. The molecular formula is C15H20O. The number of ether oxygens (including phenoxy) is 1. The van der Waals surface area contributed by atoms with Crippen molar-refractivity contribution in [3.8, 4) is 0 Å². The number of hydrogen-bond donors (Lipinski definition) is 0. The van der Waals surface area contributed by atoms with Crippen molar-refractivity contribution in [3.63, 3.8) is 0 Å². The molecule has 1 aromatic rings. The van der Waals surface area contributed by atoms with E-state index in [4.69, 9.17) is 4.74 Å². The molecule has 0 radical (unpaired) electrons. The van der Waals surface area contributed by atoms with E-state index >= 15 is 0 Å². The fraction of sp³-hybridized carbons (Fsp3) is 0.467. The Morgan fingerprint density at radius 1 is 1.31 bits per heavy atom. The maximum absolute atomic E-state index is 5.79. The van der Waals surface area contributed by atoms with Crippen LogP contribution >= 0.6 is 0 Å². The normalized spacial score (nSPS) is 24.5. The van der Waals surface area contributed by atoms with E-state index < -0.39 is 0 Å². The molecule has 1 fully saturated rings. The van der Waals surface area contributed by atoms with E-state index in [1.54, 1.807) is 0 Å². The summed E-state index contributed by atoms with van der Waals surface area (Å²) >= 11 is 0. The summed E-state index contributed by atoms with van der Waals surface area (Å²) in [6.45, 7) is 4.70. The summed E-state index contributed by atoms with van der Waals surface area (Å²) in [5.41, 5.74) is 1.43. The average molecular weight is 216 g/mol. The third kappa shape index (κ3) is 2.96. The zero-order chi connectivity index (χ0) is 11.2. The molecule has 86 valence electrons. The number of benzene rings is 1. The molecule has 1 heteroatoms. The van der Waals surface area contributed by atoms with Crippen molar-refractivity contribution in [3.05, 3.63) is 48.6 Å². The molecule has 1 heterocycles. The van der Waals surface area contributed by atoms with E-state index in [1.807, 2.05) is 6.08 Å². The molecule has 1 nitrogen and oxygen atoms in total. The molecule has 0 bridgehead atoms. The van der Waals surface area contributed by atoms with Gasteiger partial charge in [-0.1, -0.05) is 36.4 Å². The highest BCUT2D eigenvalue weighted by Gasteiger charge is 2.27. The average Bonchev–Trinajstić information content (AvgIpc) is 2.75. The molecule has 0 aromatic heterocycles. The Kier molecular flexibility index (Phi) is 4.17. The fourth-order valence-corrected chi connectivity index (χ4v) is 2.44. The van der Waals surface area contributed by atoms with Gasteiger partial charge in [0, 0.05) is 6.61 Å². The van der Waals surface area contributed by atoms with Crippen molar-refractivity contribution < 1.29 is 4.74 Å². The van der Waals surface area contributed by atoms with Gasteiger partial charge in [-0.2, -0.15) is 0 Å². The van der Waals surface area contributed by atoms with Crippen molar-refractivity contribution in [1.29, 1.82) is 0 Å². The topological polar surface area (TPSA) is 9.23 Å². The van der Waals surface area contributed by atoms with Crippen LogP contribution in [-0.4, -0.2) is 12.7 Å². The van der Waals surface area contributed by atoms with Crippen LogP contribution in [0, 0.1) is 5.92 Å². The van der Waals surface area contributed by atoms with E-state index in [0.717, 1.165) is 25.9 Å². The highest BCUT2D eigenvalue weighted by atomic mass is 16.5. The van der Waals surface area contributed by atoms with Gasteiger partial charge in [-0.05, 0) is 37.2 Å². The molecule has 0 aliphatic carbocycles. The van der Waals surface area contributed by atoms with Gasteiger partial charge >= 0.3 is 0 Å². The Hall–Kier alpha value is -1.08. The highest BCUT2D eigenvalue weighted by molar-refractivity contribution is 5.15. The van der Waals surface area contributed by atoms with Crippen LogP contribution in [-0.2, 0) is 11.2 Å². The van der Waals surface area contributed by atoms with Crippen LogP contribution in [0.1, 0.15) is 24.8 Å². The number of allylic oxidation sites excluding steroid dienone is 1. The van der Waals surface area contributed by atoms with Crippen molar-refractivity contribution in [2.24, 2.45) is 5.92 Å². The highest BCUT2D eigenvalue weighted by Crippen LogP contribution is 2.27. The van der Waals surface area contributed by atoms with Gasteiger partial charge < -0.3 is 4.74 Å². The Balaban J connectivity index is 1.90. The summed E-state index contributed by atoms with van der Waals surface area (Å²) < 4.78 is 5.79. The first-order valence-corrected chi connectivity index (χ1v) is 6.16. The lowest BCUT2D eigenvalue weighted by Crippen LogP contribution is -2.17. The van der Waals surface area contributed by atoms with Crippen LogP contribution in [0.4, 0.5) is 0 Å². The molecule has 1 saturated heterocycles. The van der Waals surface area contributed by atoms with Gasteiger partial charge in [0.25, 0.3) is 0 Å². The lowest BCUT2D eigenvalue weighted by Gasteiger charge is -2.17. The Morgan fingerprint density at radius 3 is 2.88 bits per heavy atom. The second kappa shape index (κ2) is 5.86. The first-order valence-electron chi connectivity index (χ1n) is 6.16. The van der Waals surface area contributed by atoms with Gasteiger partial charge in [-0.25, -0.2) is 0 Å². The van der Waals surface area contributed by atoms with E-state index in [9.17, 15) is 0 Å². The Labute approximate surface area is 98.1 Å². The Bertz CT molecular complexity index is 317. The lowest BCUT2D eigenvalue weighted by molar-refractivity contribution is 0.0843. The molecule has 2 rings (SSSR count). The molecule has 0 saturated carbocycles. The van der Waals surface area contributed by atoms with Crippen molar-refractivity contribution >= 4 is 0 Å². The number of rotatable bonds is 5. The largest absolute Gasteiger partial charge is 0.378 e. The summed E-state index contributed by atoms with van der Waals surface area (Å²) in [4.78, 5) is 0. The van der Waals surface area contributed by atoms with E-state index in [0.29, 0.717) is 12.0 Å². The summed E-state index contributed by atoms with van der Waals surface area (Å²) in [5.74, 6) is 0.697. The van der Waals surface area contributed by atoms with Gasteiger partial charge in [-0.3, -0.25) is 0 Å². The molecule has 2 atom stereocenters. The standard InChI is InChI=1S/C15H20O/c1-2-3-9-15-14(10-11-16-15)12-13-7-5-4-6-8-13/h2,4-8,14-15H,1,3,9-12H2. The van der Waals surface area contributed by atoms with Gasteiger partial charge in [0.15, 0.2) is 0 Å². The summed E-state index contributed by atoms with van der Waals surface area (Å²) in [6.07, 6.45) is 6.98. The zero-order valence-corrected chi connectivity index (χ0v) is 9.77. The third-order valence-corrected chi connectivity index (χ3v) is 3.34. The molecule has 16 heavy (non-hydrogen) atoms. The van der Waals surface area contributed by atoms with Gasteiger partial charge in [0.05, 0.1) is 6.10 Å². The molecular weight excluding hydrogens is 196 g/mol. The van der Waals surface area contributed by atoms with Crippen LogP contribution in [0.25, 0.3) is 0 Å². The second-order valence-electron chi connectivity index (χ2n) is 4.51.